The van der Waals surface area contributed by atoms with Crippen LogP contribution in [-0.4, -0.2) is 46.0 Å². The molecule has 35 heavy (non-hydrogen) atoms. The summed E-state index contributed by atoms with van der Waals surface area (Å²) in [4.78, 5) is 13.8. The van der Waals surface area contributed by atoms with E-state index in [0.29, 0.717) is 5.11 Å². The second-order valence-corrected chi connectivity index (χ2v) is 8.99. The highest BCUT2D eigenvalue weighted by atomic mass is 32.1. The van der Waals surface area contributed by atoms with Gasteiger partial charge in [-0.05, 0) is 72.9 Å². The maximum absolute atomic E-state index is 5.90. The van der Waals surface area contributed by atoms with Crippen LogP contribution in [0.1, 0.15) is 23.5 Å². The zero-order chi connectivity index (χ0) is 23.6. The summed E-state index contributed by atoms with van der Waals surface area (Å²) >= 11 is 5.90. The molecule has 2 aliphatic rings. The van der Waals surface area contributed by atoms with Crippen LogP contribution in [0.2, 0.25) is 0 Å². The van der Waals surface area contributed by atoms with E-state index in [0.717, 1.165) is 49.2 Å². The lowest BCUT2D eigenvalue weighted by Gasteiger charge is -2.31. The van der Waals surface area contributed by atoms with Gasteiger partial charge < -0.3 is 24.4 Å². The van der Waals surface area contributed by atoms with Crippen LogP contribution in [0.3, 0.4) is 0 Å². The largest absolute Gasteiger partial charge is 0.378 e. The average molecular weight is 483 g/mol. The number of pyridine rings is 2. The van der Waals surface area contributed by atoms with Crippen molar-refractivity contribution in [3.8, 4) is 5.82 Å². The number of rotatable bonds is 5. The molecule has 7 nitrogen and oxygen atoms in total. The van der Waals surface area contributed by atoms with E-state index in [9.17, 15) is 0 Å². The fourth-order valence-corrected chi connectivity index (χ4v) is 5.26. The van der Waals surface area contributed by atoms with Crippen molar-refractivity contribution in [1.29, 1.82) is 0 Å². The average Bonchev–Trinajstić information content (AvgIpc) is 3.55. The van der Waals surface area contributed by atoms with Gasteiger partial charge in [0.2, 0.25) is 0 Å². The smallest absolute Gasteiger partial charge is 0.174 e. The van der Waals surface area contributed by atoms with E-state index in [1.54, 1.807) is 0 Å². The van der Waals surface area contributed by atoms with Gasteiger partial charge in [0.05, 0.1) is 24.9 Å². The van der Waals surface area contributed by atoms with Crippen molar-refractivity contribution in [2.75, 3.05) is 36.1 Å². The zero-order valence-corrected chi connectivity index (χ0v) is 20.0. The molecule has 0 saturated carbocycles. The van der Waals surface area contributed by atoms with E-state index in [1.807, 2.05) is 55.0 Å². The molecular weight excluding hydrogens is 456 g/mol. The number of nitrogens with one attached hydrogen (secondary N) is 1. The van der Waals surface area contributed by atoms with Gasteiger partial charge in [0.25, 0.3) is 0 Å². The standard InChI is InChI=1S/C27H26N6OS/c35-27-30-25(22-6-1-3-13-28-22)26(23-7-5-15-32(23)24-8-2-4-14-29-24)33(27)21-11-9-20(10-12-21)31-16-18-34-19-17-31/h1-15,25-26H,16-19H2,(H,30,35). The topological polar surface area (TPSA) is 58.5 Å². The first-order valence-corrected chi connectivity index (χ1v) is 12.2. The number of thiocarbonyl (C=S) groups is 1. The maximum atomic E-state index is 5.90. The van der Waals surface area contributed by atoms with Crippen molar-refractivity contribution < 1.29 is 4.74 Å². The molecule has 2 aliphatic heterocycles. The lowest BCUT2D eigenvalue weighted by molar-refractivity contribution is 0.122. The molecule has 1 N–H and O–H groups in total. The number of anilines is 2. The predicted octanol–water partition coefficient (Wildman–Crippen LogP) is 4.28. The fourth-order valence-electron chi connectivity index (χ4n) is 4.92. The Hall–Kier alpha value is -3.75. The molecule has 0 radical (unpaired) electrons. The summed E-state index contributed by atoms with van der Waals surface area (Å²) in [6.07, 6.45) is 5.69. The van der Waals surface area contributed by atoms with E-state index in [-0.39, 0.29) is 12.1 Å². The molecule has 6 rings (SSSR count). The number of benzene rings is 1. The van der Waals surface area contributed by atoms with E-state index in [1.165, 1.54) is 5.69 Å². The Labute approximate surface area is 210 Å². The van der Waals surface area contributed by atoms with Gasteiger partial charge >= 0.3 is 0 Å². The molecule has 4 aromatic rings. The fraction of sp³-hybridized carbons (Fsp3) is 0.222. The predicted molar refractivity (Wildman–Crippen MR) is 141 cm³/mol. The van der Waals surface area contributed by atoms with Crippen LogP contribution >= 0.6 is 12.2 Å². The summed E-state index contributed by atoms with van der Waals surface area (Å²) in [6.45, 7) is 3.34. The lowest BCUT2D eigenvalue weighted by Crippen LogP contribution is -2.36. The molecule has 5 heterocycles. The molecule has 0 bridgehead atoms. The van der Waals surface area contributed by atoms with Crippen molar-refractivity contribution in [3.05, 3.63) is 103 Å². The Morgan fingerprint density at radius 2 is 1.57 bits per heavy atom. The first-order valence-electron chi connectivity index (χ1n) is 11.8. The van der Waals surface area contributed by atoms with Gasteiger partial charge in [-0.15, -0.1) is 0 Å². The third-order valence-electron chi connectivity index (χ3n) is 6.58. The van der Waals surface area contributed by atoms with Crippen molar-refractivity contribution in [1.82, 2.24) is 19.9 Å². The van der Waals surface area contributed by atoms with Crippen LogP contribution in [0, 0.1) is 0 Å². The molecule has 0 aliphatic carbocycles. The molecule has 0 amide bonds. The van der Waals surface area contributed by atoms with Crippen molar-refractivity contribution in [3.63, 3.8) is 0 Å². The first kappa shape index (κ1) is 21.8. The van der Waals surface area contributed by atoms with E-state index >= 15 is 0 Å². The number of aromatic nitrogens is 3. The van der Waals surface area contributed by atoms with Crippen molar-refractivity contribution in [2.45, 2.75) is 12.1 Å². The monoisotopic (exact) mass is 482 g/mol. The number of ether oxygens (including phenoxy) is 1. The summed E-state index contributed by atoms with van der Waals surface area (Å²) < 4.78 is 7.64. The minimum Gasteiger partial charge on any atom is -0.378 e. The summed E-state index contributed by atoms with van der Waals surface area (Å²) in [7, 11) is 0. The van der Waals surface area contributed by atoms with Crippen LogP contribution in [0.4, 0.5) is 11.4 Å². The van der Waals surface area contributed by atoms with Crippen LogP contribution in [0.5, 0.6) is 0 Å². The van der Waals surface area contributed by atoms with Crippen LogP contribution in [-0.2, 0) is 4.74 Å². The normalized spacial score (nSPS) is 20.2. The molecule has 176 valence electrons. The molecule has 8 heteroatoms. The number of morpholine rings is 1. The summed E-state index contributed by atoms with van der Waals surface area (Å²) in [5.74, 6) is 0.868. The van der Waals surface area contributed by atoms with Crippen LogP contribution < -0.4 is 15.1 Å². The zero-order valence-electron chi connectivity index (χ0n) is 19.2. The third-order valence-corrected chi connectivity index (χ3v) is 6.90. The van der Waals surface area contributed by atoms with E-state index < -0.39 is 0 Å². The van der Waals surface area contributed by atoms with Crippen molar-refractivity contribution >= 4 is 28.7 Å². The summed E-state index contributed by atoms with van der Waals surface area (Å²) in [5, 5.41) is 4.23. The quantitative estimate of drug-likeness (QED) is 0.426. The highest BCUT2D eigenvalue weighted by Crippen LogP contribution is 2.42. The van der Waals surface area contributed by atoms with Gasteiger partial charge in [-0.2, -0.15) is 0 Å². The molecule has 3 aromatic heterocycles. The first-order chi connectivity index (χ1) is 17.3. The SMILES string of the molecule is S=C1NC(c2ccccn2)C(c2cccn2-c2ccccn2)N1c1ccc(N2CCOCC2)cc1. The van der Waals surface area contributed by atoms with E-state index in [4.69, 9.17) is 17.0 Å². The number of hydrogen-bond donors (Lipinski definition) is 1. The summed E-state index contributed by atoms with van der Waals surface area (Å²) in [6, 6.07) is 24.6. The molecule has 1 aromatic carbocycles. The van der Waals surface area contributed by atoms with Gasteiger partial charge in [0.1, 0.15) is 11.9 Å². The molecule has 2 fully saturated rings. The maximum Gasteiger partial charge on any atom is 0.174 e. The van der Waals surface area contributed by atoms with Crippen LogP contribution in [0.25, 0.3) is 5.82 Å². The number of hydrogen-bond acceptors (Lipinski definition) is 5. The number of nitrogens with zero attached hydrogens (tertiary/aromatic N) is 5. The van der Waals surface area contributed by atoms with Gasteiger partial charge in [-0.25, -0.2) is 4.98 Å². The molecule has 2 unspecified atom stereocenters. The Morgan fingerprint density at radius 1 is 0.829 bits per heavy atom. The van der Waals surface area contributed by atoms with Gasteiger partial charge in [-0.3, -0.25) is 4.98 Å². The highest BCUT2D eigenvalue weighted by Gasteiger charge is 2.42. The van der Waals surface area contributed by atoms with E-state index in [2.05, 4.69) is 66.0 Å². The minimum absolute atomic E-state index is 0.108. The highest BCUT2D eigenvalue weighted by molar-refractivity contribution is 7.80. The van der Waals surface area contributed by atoms with Crippen molar-refractivity contribution in [2.24, 2.45) is 0 Å². The Bertz CT molecular complexity index is 1290. The molecule has 2 saturated heterocycles. The van der Waals surface area contributed by atoms with Crippen LogP contribution in [0.15, 0.2) is 91.4 Å². The second kappa shape index (κ2) is 9.48. The molecule has 0 spiro atoms. The van der Waals surface area contributed by atoms with Gasteiger partial charge in [0.15, 0.2) is 5.11 Å². The third kappa shape index (κ3) is 4.15. The Morgan fingerprint density at radius 3 is 2.29 bits per heavy atom. The minimum atomic E-state index is -0.111. The summed E-state index contributed by atoms with van der Waals surface area (Å²) in [5.41, 5.74) is 4.27. The molecular formula is C27H26N6OS. The van der Waals surface area contributed by atoms with Gasteiger partial charge in [0, 0.05) is 48.7 Å². The lowest BCUT2D eigenvalue weighted by atomic mass is 10.0. The van der Waals surface area contributed by atoms with Gasteiger partial charge in [-0.1, -0.05) is 12.1 Å². The Kier molecular flexibility index (Phi) is 5.89. The second-order valence-electron chi connectivity index (χ2n) is 8.60. The molecule has 2 atom stereocenters. The Balaban J connectivity index is 1.41.